The molecule has 122 valence electrons. The van der Waals surface area contributed by atoms with Gasteiger partial charge in [0.15, 0.2) is 5.78 Å². The highest BCUT2D eigenvalue weighted by molar-refractivity contribution is 6.02. The number of aryl methyl sites for hydroxylation is 1. The van der Waals surface area contributed by atoms with E-state index < -0.39 is 6.10 Å². The van der Waals surface area contributed by atoms with Gasteiger partial charge in [-0.05, 0) is 44.4 Å². The smallest absolute Gasteiger partial charge is 0.268 e. The number of benzene rings is 1. The van der Waals surface area contributed by atoms with Crippen molar-refractivity contribution in [2.75, 3.05) is 0 Å². The Morgan fingerprint density at radius 2 is 1.83 bits per heavy atom. The lowest BCUT2D eigenvalue weighted by Gasteiger charge is -2.08. The minimum Gasteiger partial charge on any atom is -0.389 e. The van der Waals surface area contributed by atoms with Crippen LogP contribution >= 0.6 is 0 Å². The molecule has 1 atom stereocenters. The van der Waals surface area contributed by atoms with Crippen LogP contribution in [0.5, 0.6) is 0 Å². The largest absolute Gasteiger partial charge is 0.389 e. The average molecular weight is 314 g/mol. The van der Waals surface area contributed by atoms with Crippen molar-refractivity contribution in [2.24, 2.45) is 0 Å². The first-order chi connectivity index (χ1) is 10.8. The molecule has 1 aromatic heterocycles. The van der Waals surface area contributed by atoms with E-state index in [1.54, 1.807) is 20.8 Å². The van der Waals surface area contributed by atoms with E-state index in [-0.39, 0.29) is 11.7 Å². The maximum Gasteiger partial charge on any atom is 0.268 e. The lowest BCUT2D eigenvalue weighted by atomic mass is 10.1. The molecule has 0 saturated carbocycles. The molecule has 0 fully saturated rings. The van der Waals surface area contributed by atoms with Crippen molar-refractivity contribution in [3.05, 3.63) is 57.9 Å². The second kappa shape index (κ2) is 6.79. The highest BCUT2D eigenvalue weighted by Gasteiger charge is 2.19. The summed E-state index contributed by atoms with van der Waals surface area (Å²) in [5.41, 5.74) is 4.17. The number of nitrogens with one attached hydrogen (secondary N) is 2. The van der Waals surface area contributed by atoms with Gasteiger partial charge < -0.3 is 15.4 Å². The molecule has 2 rings (SSSR count). The molecule has 0 radical (unpaired) electrons. The predicted molar refractivity (Wildman–Crippen MR) is 88.5 cm³/mol. The summed E-state index contributed by atoms with van der Waals surface area (Å²) in [4.78, 5) is 26.9. The Hall–Kier alpha value is -2.40. The maximum atomic E-state index is 12.3. The first-order valence-electron chi connectivity index (χ1n) is 7.56. The highest BCUT2D eigenvalue weighted by atomic mass is 16.3. The molecule has 1 amide bonds. The lowest BCUT2D eigenvalue weighted by molar-refractivity contribution is 0.0945. The van der Waals surface area contributed by atoms with E-state index in [9.17, 15) is 14.7 Å². The quantitative estimate of drug-likeness (QED) is 0.742. The van der Waals surface area contributed by atoms with Crippen LogP contribution in [0.15, 0.2) is 24.3 Å². The molecule has 1 aromatic carbocycles. The zero-order chi connectivity index (χ0) is 17.1. The van der Waals surface area contributed by atoms with Crippen molar-refractivity contribution in [1.82, 2.24) is 10.3 Å². The number of hydrogen-bond acceptors (Lipinski definition) is 3. The summed E-state index contributed by atoms with van der Waals surface area (Å²) in [6.45, 7) is 7.14. The van der Waals surface area contributed by atoms with Crippen LogP contribution in [-0.4, -0.2) is 21.8 Å². The van der Waals surface area contributed by atoms with Gasteiger partial charge in [0, 0.05) is 17.8 Å². The zero-order valence-corrected chi connectivity index (χ0v) is 13.9. The van der Waals surface area contributed by atoms with Crippen LogP contribution in [0.2, 0.25) is 0 Å². The topological polar surface area (TPSA) is 82.2 Å². The fraction of sp³-hybridized carbons (Fsp3) is 0.333. The first-order valence-corrected chi connectivity index (χ1v) is 7.56. The number of aliphatic hydroxyl groups excluding tert-OH is 1. The molecule has 0 aliphatic rings. The molecule has 0 spiro atoms. The number of carbonyl (C=O) groups excluding carboxylic acids is 2. The molecule has 0 aliphatic carbocycles. The third kappa shape index (κ3) is 3.68. The lowest BCUT2D eigenvalue weighted by Crippen LogP contribution is -2.24. The van der Waals surface area contributed by atoms with Crippen LogP contribution in [0.3, 0.4) is 0 Å². The summed E-state index contributed by atoms with van der Waals surface area (Å²) in [5.74, 6) is -0.290. The monoisotopic (exact) mass is 314 g/mol. The zero-order valence-electron chi connectivity index (χ0n) is 13.9. The van der Waals surface area contributed by atoms with Crippen molar-refractivity contribution in [3.8, 4) is 0 Å². The molecule has 2 aromatic rings. The number of aromatic amines is 1. The van der Waals surface area contributed by atoms with Gasteiger partial charge in [-0.15, -0.1) is 0 Å². The fourth-order valence-corrected chi connectivity index (χ4v) is 2.69. The number of hydrogen-bond donors (Lipinski definition) is 3. The number of rotatable bonds is 5. The van der Waals surface area contributed by atoms with Crippen molar-refractivity contribution in [3.63, 3.8) is 0 Å². The van der Waals surface area contributed by atoms with Gasteiger partial charge in [-0.25, -0.2) is 0 Å². The van der Waals surface area contributed by atoms with Gasteiger partial charge in [-0.1, -0.05) is 24.3 Å². The van der Waals surface area contributed by atoms with Gasteiger partial charge in [-0.3, -0.25) is 9.59 Å². The minimum atomic E-state index is -0.506. The van der Waals surface area contributed by atoms with E-state index in [1.165, 1.54) is 6.92 Å². The number of Topliss-reactive ketones (excluding diaryl/α,β-unsaturated/α-hetero) is 1. The van der Waals surface area contributed by atoms with Gasteiger partial charge in [0.2, 0.25) is 0 Å². The van der Waals surface area contributed by atoms with E-state index in [0.29, 0.717) is 29.1 Å². The van der Waals surface area contributed by atoms with Gasteiger partial charge in [0.05, 0.1) is 6.10 Å². The standard InChI is InChI=1S/C18H22N2O3/c1-10-16(13(4)22)11(2)20-17(10)18(23)19-9-14-5-7-15(8-6-14)12(3)21/h5-8,12,20-21H,9H2,1-4H3,(H,19,23). The van der Waals surface area contributed by atoms with Crippen LogP contribution in [0.25, 0.3) is 0 Å². The SMILES string of the molecule is CC(=O)c1c(C)[nH]c(C(=O)NCc2ccc(C(C)O)cc2)c1C. The molecule has 0 bridgehead atoms. The molecule has 1 heterocycles. The second-order valence-electron chi connectivity index (χ2n) is 5.78. The molecule has 23 heavy (non-hydrogen) atoms. The number of carbonyl (C=O) groups is 2. The van der Waals surface area contributed by atoms with Gasteiger partial charge >= 0.3 is 0 Å². The fourth-order valence-electron chi connectivity index (χ4n) is 2.69. The molecule has 0 aliphatic heterocycles. The van der Waals surface area contributed by atoms with E-state index in [2.05, 4.69) is 10.3 Å². The van der Waals surface area contributed by atoms with Gasteiger partial charge in [-0.2, -0.15) is 0 Å². The molecule has 1 unspecified atom stereocenters. The van der Waals surface area contributed by atoms with Gasteiger partial charge in [0.1, 0.15) is 5.69 Å². The normalized spacial score (nSPS) is 12.0. The van der Waals surface area contributed by atoms with Crippen LogP contribution < -0.4 is 5.32 Å². The summed E-state index contributed by atoms with van der Waals surface area (Å²) in [6.07, 6.45) is -0.506. The first kappa shape index (κ1) is 17.0. The van der Waals surface area contributed by atoms with Crippen molar-refractivity contribution in [2.45, 2.75) is 40.3 Å². The van der Waals surface area contributed by atoms with E-state index in [0.717, 1.165) is 11.1 Å². The number of aromatic nitrogens is 1. The predicted octanol–water partition coefficient (Wildman–Crippen LogP) is 2.82. The van der Waals surface area contributed by atoms with Crippen molar-refractivity contribution >= 4 is 11.7 Å². The van der Waals surface area contributed by atoms with Crippen LogP contribution in [0.4, 0.5) is 0 Å². The van der Waals surface area contributed by atoms with E-state index >= 15 is 0 Å². The van der Waals surface area contributed by atoms with E-state index in [4.69, 9.17) is 0 Å². The summed E-state index contributed by atoms with van der Waals surface area (Å²) >= 11 is 0. The Morgan fingerprint density at radius 1 is 1.22 bits per heavy atom. The Labute approximate surface area is 135 Å². The Bertz CT molecular complexity index is 727. The molecular formula is C18H22N2O3. The Kier molecular flexibility index (Phi) is 5.01. The molecular weight excluding hydrogens is 292 g/mol. The third-order valence-corrected chi connectivity index (χ3v) is 3.93. The summed E-state index contributed by atoms with van der Waals surface area (Å²) in [5, 5.41) is 12.3. The van der Waals surface area contributed by atoms with Crippen LogP contribution in [-0.2, 0) is 6.54 Å². The van der Waals surface area contributed by atoms with Crippen LogP contribution in [0, 0.1) is 13.8 Å². The summed E-state index contributed by atoms with van der Waals surface area (Å²) in [7, 11) is 0. The minimum absolute atomic E-state index is 0.0518. The summed E-state index contributed by atoms with van der Waals surface area (Å²) in [6, 6.07) is 7.42. The molecule has 5 nitrogen and oxygen atoms in total. The van der Waals surface area contributed by atoms with E-state index in [1.807, 2.05) is 24.3 Å². The number of ketones is 1. The number of aliphatic hydroxyl groups is 1. The molecule has 3 N–H and O–H groups in total. The van der Waals surface area contributed by atoms with Crippen LogP contribution in [0.1, 0.15) is 63.2 Å². The Balaban J connectivity index is 2.08. The highest BCUT2D eigenvalue weighted by Crippen LogP contribution is 2.18. The average Bonchev–Trinajstić information content (AvgIpc) is 2.80. The van der Waals surface area contributed by atoms with Gasteiger partial charge in [0.25, 0.3) is 5.91 Å². The van der Waals surface area contributed by atoms with Crippen molar-refractivity contribution in [1.29, 1.82) is 0 Å². The molecule has 0 saturated heterocycles. The summed E-state index contributed by atoms with van der Waals surface area (Å²) < 4.78 is 0. The third-order valence-electron chi connectivity index (χ3n) is 3.93. The molecule has 5 heteroatoms. The van der Waals surface area contributed by atoms with Crippen molar-refractivity contribution < 1.29 is 14.7 Å². The second-order valence-corrected chi connectivity index (χ2v) is 5.78. The number of H-pyrrole nitrogens is 1. The maximum absolute atomic E-state index is 12.3. The Morgan fingerprint density at radius 3 is 2.30 bits per heavy atom. The number of amides is 1.